The fraction of sp³-hybridized carbons (Fsp3) is 0.0500. The van der Waals surface area contributed by atoms with Gasteiger partial charge < -0.3 is 8.83 Å². The summed E-state index contributed by atoms with van der Waals surface area (Å²) in [5, 5.41) is 9.16. The van der Waals surface area contributed by atoms with Crippen LogP contribution in [0, 0.1) is 0 Å². The second-order valence-electron chi connectivity index (χ2n) is 17.9. The number of furan rings is 2. The Bertz CT molecular complexity index is 4090. The van der Waals surface area contributed by atoms with E-state index in [2.05, 4.69) is 153 Å². The lowest BCUT2D eigenvalue weighted by Gasteiger charge is -2.22. The lowest BCUT2D eigenvalue weighted by Crippen LogP contribution is -2.14. The Morgan fingerprint density at radius 2 is 0.954 bits per heavy atom. The maximum atomic E-state index is 7.03. The number of hydrogen-bond donors (Lipinski definition) is 0. The zero-order valence-electron chi connectivity index (χ0n) is 35.6. The molecule has 3 aromatic heterocycles. The van der Waals surface area contributed by atoms with Crippen molar-refractivity contribution < 1.29 is 8.83 Å². The summed E-state index contributed by atoms with van der Waals surface area (Å²) in [6, 6.07) is 66.3. The van der Waals surface area contributed by atoms with E-state index in [1.807, 2.05) is 48.5 Å². The number of nitrogens with zero attached hydrogens (tertiary/aromatic N) is 3. The summed E-state index contributed by atoms with van der Waals surface area (Å²) < 4.78 is 13.8. The summed E-state index contributed by atoms with van der Waals surface area (Å²) in [6.07, 6.45) is 0. The Kier molecular flexibility index (Phi) is 7.39. The highest BCUT2D eigenvalue weighted by Crippen LogP contribution is 2.53. The van der Waals surface area contributed by atoms with Crippen LogP contribution in [0.4, 0.5) is 0 Å². The predicted octanol–water partition coefficient (Wildman–Crippen LogP) is 16.1. The molecule has 0 atom stereocenters. The zero-order valence-corrected chi connectivity index (χ0v) is 35.6. The van der Waals surface area contributed by atoms with Gasteiger partial charge in [-0.2, -0.15) is 0 Å². The van der Waals surface area contributed by atoms with Crippen molar-refractivity contribution in [3.63, 3.8) is 0 Å². The zero-order chi connectivity index (χ0) is 43.0. The van der Waals surface area contributed by atoms with E-state index in [1.165, 1.54) is 43.8 Å². The molecule has 1 aliphatic rings. The molecule has 0 radical (unpaired) electrons. The Morgan fingerprint density at radius 1 is 0.323 bits per heavy atom. The quantitative estimate of drug-likeness (QED) is 0.162. The van der Waals surface area contributed by atoms with E-state index < -0.39 is 0 Å². The van der Waals surface area contributed by atoms with Gasteiger partial charge in [-0.05, 0) is 109 Å². The first-order valence-electron chi connectivity index (χ1n) is 22.2. The number of rotatable bonds is 5. The molecule has 304 valence electrons. The first-order chi connectivity index (χ1) is 32.0. The van der Waals surface area contributed by atoms with Crippen LogP contribution in [-0.4, -0.2) is 15.0 Å². The summed E-state index contributed by atoms with van der Waals surface area (Å²) in [6.45, 7) is 4.70. The van der Waals surface area contributed by atoms with E-state index >= 15 is 0 Å². The van der Waals surface area contributed by atoms with Crippen LogP contribution in [0.2, 0.25) is 0 Å². The highest BCUT2D eigenvalue weighted by atomic mass is 16.3. The van der Waals surface area contributed by atoms with E-state index in [9.17, 15) is 0 Å². The van der Waals surface area contributed by atoms with Gasteiger partial charge in [0, 0.05) is 43.7 Å². The molecule has 0 N–H and O–H groups in total. The summed E-state index contributed by atoms with van der Waals surface area (Å²) in [5.74, 6) is 1.69. The third-order valence-electron chi connectivity index (χ3n) is 13.9. The molecule has 14 rings (SSSR count). The van der Waals surface area contributed by atoms with Crippen molar-refractivity contribution in [3.05, 3.63) is 199 Å². The summed E-state index contributed by atoms with van der Waals surface area (Å²) in [7, 11) is 0. The van der Waals surface area contributed by atoms with Crippen molar-refractivity contribution in [2.45, 2.75) is 19.3 Å². The Morgan fingerprint density at radius 3 is 1.82 bits per heavy atom. The van der Waals surface area contributed by atoms with Crippen LogP contribution in [0.1, 0.15) is 25.0 Å². The molecule has 13 aromatic rings. The summed E-state index contributed by atoms with van der Waals surface area (Å²) >= 11 is 0. The van der Waals surface area contributed by atoms with Crippen LogP contribution in [0.5, 0.6) is 0 Å². The summed E-state index contributed by atoms with van der Waals surface area (Å²) in [5.41, 5.74) is 15.3. The molecule has 0 bridgehead atoms. The Labute approximate surface area is 373 Å². The molecule has 0 spiro atoms. The fourth-order valence-corrected chi connectivity index (χ4v) is 10.7. The van der Waals surface area contributed by atoms with Gasteiger partial charge in [0.25, 0.3) is 0 Å². The maximum Gasteiger partial charge on any atom is 0.167 e. The van der Waals surface area contributed by atoms with Gasteiger partial charge in [0.1, 0.15) is 22.3 Å². The maximum absolute atomic E-state index is 7.03. The average Bonchev–Trinajstić information content (AvgIpc) is 4.01. The van der Waals surface area contributed by atoms with E-state index in [0.29, 0.717) is 17.5 Å². The van der Waals surface area contributed by atoms with Gasteiger partial charge in [-0.15, -0.1) is 0 Å². The van der Waals surface area contributed by atoms with Crippen molar-refractivity contribution in [2.24, 2.45) is 0 Å². The van der Waals surface area contributed by atoms with Crippen LogP contribution in [0.15, 0.2) is 197 Å². The predicted molar refractivity (Wildman–Crippen MR) is 265 cm³/mol. The molecule has 0 amide bonds. The first-order valence-corrected chi connectivity index (χ1v) is 22.2. The molecule has 0 saturated heterocycles. The molecule has 10 aromatic carbocycles. The molecule has 0 fully saturated rings. The highest BCUT2D eigenvalue weighted by Gasteiger charge is 2.36. The SMILES string of the molecule is CC1(C)c2ccccc2-c2cc3c(cc21)c1cccc2oc4c(-c5cc(-c6nc(-c7ccccc7)nc(-c7cccc(-c8ccccc8)c7)n6)c6oc7ccccc7c6c5)ccc3c4c21. The number of benzene rings is 10. The van der Waals surface area contributed by atoms with E-state index in [1.54, 1.807) is 0 Å². The van der Waals surface area contributed by atoms with E-state index in [0.717, 1.165) is 82.8 Å². The third-order valence-corrected chi connectivity index (χ3v) is 13.9. The molecular weight excluding hydrogens is 795 g/mol. The lowest BCUT2D eigenvalue weighted by molar-refractivity contribution is 0.661. The lowest BCUT2D eigenvalue weighted by atomic mass is 9.81. The molecule has 1 aliphatic carbocycles. The molecule has 65 heavy (non-hydrogen) atoms. The molecule has 3 heterocycles. The number of aromatic nitrogens is 3. The molecule has 5 heteroatoms. The topological polar surface area (TPSA) is 65.0 Å². The number of para-hydroxylation sites is 1. The van der Waals surface area contributed by atoms with Crippen LogP contribution in [0.3, 0.4) is 0 Å². The van der Waals surface area contributed by atoms with Crippen molar-refractivity contribution >= 4 is 65.4 Å². The first kappa shape index (κ1) is 36.1. The largest absolute Gasteiger partial charge is 0.455 e. The highest BCUT2D eigenvalue weighted by molar-refractivity contribution is 6.35. The van der Waals surface area contributed by atoms with Gasteiger partial charge in [-0.1, -0.05) is 153 Å². The molecule has 5 nitrogen and oxygen atoms in total. The van der Waals surface area contributed by atoms with Crippen molar-refractivity contribution in [1.82, 2.24) is 15.0 Å². The smallest absolute Gasteiger partial charge is 0.167 e. The van der Waals surface area contributed by atoms with Crippen LogP contribution in [-0.2, 0) is 5.41 Å². The Balaban J connectivity index is 1.03. The van der Waals surface area contributed by atoms with Gasteiger partial charge in [0.05, 0.1) is 5.56 Å². The van der Waals surface area contributed by atoms with Gasteiger partial charge in [-0.3, -0.25) is 0 Å². The van der Waals surface area contributed by atoms with Crippen molar-refractivity contribution in [1.29, 1.82) is 0 Å². The molecular formula is C60H37N3O2. The average molecular weight is 832 g/mol. The van der Waals surface area contributed by atoms with E-state index in [-0.39, 0.29) is 5.41 Å². The number of fused-ring (bicyclic) bond motifs is 9. The van der Waals surface area contributed by atoms with Gasteiger partial charge in [-0.25, -0.2) is 15.0 Å². The Hall–Kier alpha value is -8.41. The van der Waals surface area contributed by atoms with Crippen LogP contribution < -0.4 is 0 Å². The van der Waals surface area contributed by atoms with Gasteiger partial charge in [0.2, 0.25) is 0 Å². The van der Waals surface area contributed by atoms with Gasteiger partial charge in [0.15, 0.2) is 17.5 Å². The fourth-order valence-electron chi connectivity index (χ4n) is 10.7. The molecule has 0 unspecified atom stereocenters. The van der Waals surface area contributed by atoms with E-state index in [4.69, 9.17) is 23.8 Å². The van der Waals surface area contributed by atoms with Crippen LogP contribution >= 0.6 is 0 Å². The minimum Gasteiger partial charge on any atom is -0.455 e. The number of hydrogen-bond acceptors (Lipinski definition) is 5. The van der Waals surface area contributed by atoms with Crippen LogP contribution in [0.25, 0.3) is 133 Å². The third kappa shape index (κ3) is 5.24. The monoisotopic (exact) mass is 831 g/mol. The molecule has 0 aliphatic heterocycles. The summed E-state index contributed by atoms with van der Waals surface area (Å²) in [4.78, 5) is 15.7. The minimum absolute atomic E-state index is 0.105. The standard InChI is InChI=1S/C60H37N3O2/c1-60(2)49-24-11-9-21-40(49)46-32-44-43-28-27-39(56-54(43)53-42(45(44)33-50(46)60)23-14-26-52(53)65-56)38-30-47-41-22-10-12-25-51(41)64-55(47)48(31-38)59-62-57(35-17-7-4-8-18-35)61-58(63-59)37-20-13-19-36(29-37)34-15-5-3-6-16-34/h3-33H,1-2H3. The van der Waals surface area contributed by atoms with Crippen molar-refractivity contribution in [3.8, 4) is 67.5 Å². The second-order valence-corrected chi connectivity index (χ2v) is 17.9. The normalized spacial score (nSPS) is 13.2. The molecule has 0 saturated carbocycles. The second kappa shape index (κ2) is 13.3. The minimum atomic E-state index is -0.105. The van der Waals surface area contributed by atoms with Crippen molar-refractivity contribution in [2.75, 3.05) is 0 Å². The van der Waals surface area contributed by atoms with Gasteiger partial charge >= 0.3 is 0 Å².